The van der Waals surface area contributed by atoms with Crippen molar-refractivity contribution in [3.05, 3.63) is 22.2 Å². The van der Waals surface area contributed by atoms with Crippen LogP contribution >= 0.6 is 11.3 Å². The van der Waals surface area contributed by atoms with Crippen LogP contribution in [0.3, 0.4) is 0 Å². The van der Waals surface area contributed by atoms with Crippen LogP contribution in [0.25, 0.3) is 10.2 Å². The molecule has 2 rings (SSSR count). The van der Waals surface area contributed by atoms with Crippen molar-refractivity contribution in [1.29, 1.82) is 5.26 Å². The van der Waals surface area contributed by atoms with Crippen molar-refractivity contribution in [2.75, 3.05) is 0 Å². The first-order valence-corrected chi connectivity index (χ1v) is 4.53. The number of rotatable bonds is 0. The Bertz CT molecular complexity index is 470. The normalized spacial score (nSPS) is 10.4. The van der Waals surface area contributed by atoms with Gasteiger partial charge in [0.2, 0.25) is 0 Å². The largest absolute Gasteiger partial charge is 0.359 e. The van der Waals surface area contributed by atoms with E-state index in [4.69, 9.17) is 5.26 Å². The zero-order valence-electron chi connectivity index (χ0n) is 6.93. The van der Waals surface area contributed by atoms with Crippen molar-refractivity contribution >= 4 is 21.6 Å². The van der Waals surface area contributed by atoms with Gasteiger partial charge in [-0.25, -0.2) is 0 Å². The van der Waals surface area contributed by atoms with Crippen LogP contribution in [0.4, 0.5) is 0 Å². The molecule has 12 heavy (non-hydrogen) atoms. The molecule has 0 aliphatic heterocycles. The monoisotopic (exact) mass is 176 g/mol. The SMILES string of the molecule is Cc1sc2c(C#N)c[nH]c2c1C. The van der Waals surface area contributed by atoms with Crippen LogP contribution in [0.5, 0.6) is 0 Å². The topological polar surface area (TPSA) is 39.6 Å². The minimum absolute atomic E-state index is 0.756. The molecule has 60 valence electrons. The Labute approximate surface area is 74.4 Å². The maximum absolute atomic E-state index is 8.76. The van der Waals surface area contributed by atoms with E-state index in [0.29, 0.717) is 0 Å². The van der Waals surface area contributed by atoms with Crippen LogP contribution in [-0.4, -0.2) is 4.98 Å². The molecule has 2 heterocycles. The zero-order valence-corrected chi connectivity index (χ0v) is 7.75. The molecule has 0 saturated heterocycles. The summed E-state index contributed by atoms with van der Waals surface area (Å²) < 4.78 is 1.09. The van der Waals surface area contributed by atoms with Gasteiger partial charge < -0.3 is 4.98 Å². The summed E-state index contributed by atoms with van der Waals surface area (Å²) in [6, 6.07) is 2.17. The summed E-state index contributed by atoms with van der Waals surface area (Å²) in [5, 5.41) is 8.76. The van der Waals surface area contributed by atoms with E-state index < -0.39 is 0 Å². The first-order valence-electron chi connectivity index (χ1n) is 3.71. The molecule has 0 amide bonds. The number of hydrogen-bond acceptors (Lipinski definition) is 2. The van der Waals surface area contributed by atoms with Crippen LogP contribution in [-0.2, 0) is 0 Å². The molecule has 0 aliphatic carbocycles. The number of aryl methyl sites for hydroxylation is 2. The van der Waals surface area contributed by atoms with Gasteiger partial charge in [-0.1, -0.05) is 0 Å². The summed E-state index contributed by atoms with van der Waals surface area (Å²) in [6.45, 7) is 4.15. The molecule has 0 aliphatic rings. The minimum Gasteiger partial charge on any atom is -0.359 e. The molecule has 0 saturated carbocycles. The standard InChI is InChI=1S/C9H8N2S/c1-5-6(2)12-9-7(3-10)4-11-8(5)9/h4,11H,1-2H3. The molecule has 0 fully saturated rings. The second-order valence-corrected chi connectivity index (χ2v) is 4.03. The van der Waals surface area contributed by atoms with Crippen LogP contribution in [0.2, 0.25) is 0 Å². The van der Waals surface area contributed by atoms with Crippen LogP contribution in [0, 0.1) is 25.2 Å². The highest BCUT2D eigenvalue weighted by Gasteiger charge is 2.09. The van der Waals surface area contributed by atoms with E-state index in [1.54, 1.807) is 17.5 Å². The lowest BCUT2D eigenvalue weighted by molar-refractivity contribution is 1.39. The number of thiophene rings is 1. The Morgan fingerprint density at radius 1 is 1.50 bits per heavy atom. The lowest BCUT2D eigenvalue weighted by atomic mass is 10.2. The van der Waals surface area contributed by atoms with Gasteiger partial charge in [-0.15, -0.1) is 11.3 Å². The Hall–Kier alpha value is -1.27. The number of nitrogens with zero attached hydrogens (tertiary/aromatic N) is 1. The average Bonchev–Trinajstić information content (AvgIpc) is 2.55. The number of aromatic nitrogens is 1. The van der Waals surface area contributed by atoms with Crippen molar-refractivity contribution < 1.29 is 0 Å². The summed E-state index contributed by atoms with van der Waals surface area (Å²) in [7, 11) is 0. The zero-order chi connectivity index (χ0) is 8.72. The molecule has 0 bridgehead atoms. The van der Waals surface area contributed by atoms with Gasteiger partial charge in [-0.2, -0.15) is 5.26 Å². The quantitative estimate of drug-likeness (QED) is 0.658. The number of hydrogen-bond donors (Lipinski definition) is 1. The van der Waals surface area contributed by atoms with Gasteiger partial charge >= 0.3 is 0 Å². The smallest absolute Gasteiger partial charge is 0.102 e. The third-order valence-electron chi connectivity index (χ3n) is 2.11. The van der Waals surface area contributed by atoms with Gasteiger partial charge in [0.05, 0.1) is 15.8 Å². The third-order valence-corrected chi connectivity index (χ3v) is 3.35. The lowest BCUT2D eigenvalue weighted by Crippen LogP contribution is -1.69. The molecule has 0 atom stereocenters. The predicted molar refractivity (Wildman–Crippen MR) is 50.4 cm³/mol. The Morgan fingerprint density at radius 3 is 2.92 bits per heavy atom. The molecular formula is C9H8N2S. The summed E-state index contributed by atoms with van der Waals surface area (Å²) in [4.78, 5) is 4.40. The van der Waals surface area contributed by atoms with Crippen molar-refractivity contribution in [2.45, 2.75) is 13.8 Å². The fourth-order valence-electron chi connectivity index (χ4n) is 1.28. The Balaban J connectivity index is 2.91. The maximum atomic E-state index is 8.76. The van der Waals surface area contributed by atoms with Gasteiger partial charge in [0.1, 0.15) is 6.07 Å². The summed E-state index contributed by atoms with van der Waals surface area (Å²) in [6.07, 6.45) is 1.77. The summed E-state index contributed by atoms with van der Waals surface area (Å²) in [5.74, 6) is 0. The number of nitriles is 1. The highest BCUT2D eigenvalue weighted by atomic mass is 32.1. The van der Waals surface area contributed by atoms with E-state index >= 15 is 0 Å². The maximum Gasteiger partial charge on any atom is 0.102 e. The van der Waals surface area contributed by atoms with Gasteiger partial charge in [0.15, 0.2) is 0 Å². The van der Waals surface area contributed by atoms with E-state index in [0.717, 1.165) is 15.8 Å². The lowest BCUT2D eigenvalue weighted by Gasteiger charge is -1.84. The highest BCUT2D eigenvalue weighted by molar-refractivity contribution is 7.19. The van der Waals surface area contributed by atoms with Gasteiger partial charge in [0, 0.05) is 11.1 Å². The number of H-pyrrole nitrogens is 1. The fraction of sp³-hybridized carbons (Fsp3) is 0.222. The first kappa shape index (κ1) is 7.38. The second-order valence-electron chi connectivity index (χ2n) is 2.80. The van der Waals surface area contributed by atoms with Crippen molar-refractivity contribution in [2.24, 2.45) is 0 Å². The molecule has 2 nitrogen and oxygen atoms in total. The van der Waals surface area contributed by atoms with E-state index in [1.165, 1.54) is 10.4 Å². The summed E-state index contributed by atoms with van der Waals surface area (Å²) >= 11 is 1.68. The molecule has 2 aromatic heterocycles. The molecule has 3 heteroatoms. The highest BCUT2D eigenvalue weighted by Crippen LogP contribution is 2.31. The van der Waals surface area contributed by atoms with Crippen molar-refractivity contribution in [1.82, 2.24) is 4.98 Å². The van der Waals surface area contributed by atoms with Crippen LogP contribution in [0.1, 0.15) is 16.0 Å². The second kappa shape index (κ2) is 2.36. The number of aromatic amines is 1. The average molecular weight is 176 g/mol. The molecular weight excluding hydrogens is 168 g/mol. The predicted octanol–water partition coefficient (Wildman–Crippen LogP) is 2.72. The first-order chi connectivity index (χ1) is 5.74. The van der Waals surface area contributed by atoms with Gasteiger partial charge in [0.25, 0.3) is 0 Å². The number of nitrogens with one attached hydrogen (secondary N) is 1. The van der Waals surface area contributed by atoms with Gasteiger partial charge in [-0.3, -0.25) is 0 Å². The van der Waals surface area contributed by atoms with Crippen molar-refractivity contribution in [3.8, 4) is 6.07 Å². The van der Waals surface area contributed by atoms with Gasteiger partial charge in [-0.05, 0) is 19.4 Å². The van der Waals surface area contributed by atoms with E-state index in [1.807, 2.05) is 0 Å². The van der Waals surface area contributed by atoms with E-state index in [-0.39, 0.29) is 0 Å². The molecule has 0 spiro atoms. The number of fused-ring (bicyclic) bond motifs is 1. The van der Waals surface area contributed by atoms with Crippen LogP contribution in [0.15, 0.2) is 6.20 Å². The Morgan fingerprint density at radius 2 is 2.25 bits per heavy atom. The molecule has 0 aromatic carbocycles. The Kier molecular flexibility index (Phi) is 1.45. The van der Waals surface area contributed by atoms with E-state index in [9.17, 15) is 0 Å². The fourth-order valence-corrected chi connectivity index (χ4v) is 2.37. The molecule has 0 unspecified atom stereocenters. The molecule has 2 aromatic rings. The van der Waals surface area contributed by atoms with Crippen molar-refractivity contribution in [3.63, 3.8) is 0 Å². The molecule has 0 radical (unpaired) electrons. The third kappa shape index (κ3) is 0.788. The van der Waals surface area contributed by atoms with Crippen LogP contribution < -0.4 is 0 Å². The summed E-state index contributed by atoms with van der Waals surface area (Å²) in [5.41, 5.74) is 3.14. The minimum atomic E-state index is 0.756. The van der Waals surface area contributed by atoms with E-state index in [2.05, 4.69) is 24.9 Å². The molecule has 1 N–H and O–H groups in total.